The van der Waals surface area contributed by atoms with Crippen molar-refractivity contribution < 1.29 is 19.2 Å². The molecule has 1 saturated heterocycles. The lowest BCUT2D eigenvalue weighted by Gasteiger charge is -2.15. The first kappa shape index (κ1) is 29.1. The lowest BCUT2D eigenvalue weighted by Crippen LogP contribution is -2.31. The fourth-order valence-corrected chi connectivity index (χ4v) is 5.76. The van der Waals surface area contributed by atoms with Gasteiger partial charge in [0.05, 0.1) is 10.9 Å². The Balaban J connectivity index is 1.30. The number of carbonyl (C=O) groups is 4. The van der Waals surface area contributed by atoms with Gasteiger partial charge in [-0.2, -0.15) is 0 Å². The second kappa shape index (κ2) is 13.1. The zero-order valence-electron chi connectivity index (χ0n) is 21.9. The summed E-state index contributed by atoms with van der Waals surface area (Å²) in [5, 5.41) is 5.65. The molecule has 1 heterocycles. The summed E-state index contributed by atoms with van der Waals surface area (Å²) < 4.78 is 0. The van der Waals surface area contributed by atoms with E-state index in [4.69, 9.17) is 23.2 Å². The number of carbonyl (C=O) groups excluding carboxylic acids is 4. The average Bonchev–Trinajstić information content (AvgIpc) is 3.27. The van der Waals surface area contributed by atoms with E-state index < -0.39 is 17.1 Å². The van der Waals surface area contributed by atoms with E-state index in [1.807, 2.05) is 6.07 Å². The van der Waals surface area contributed by atoms with Crippen LogP contribution in [-0.4, -0.2) is 28.9 Å². The summed E-state index contributed by atoms with van der Waals surface area (Å²) >= 11 is 13.6. The highest BCUT2D eigenvalue weighted by molar-refractivity contribution is 8.00. The number of thioether (sulfide) groups is 1. The van der Waals surface area contributed by atoms with Crippen LogP contribution in [0, 0.1) is 0 Å². The number of halogens is 2. The normalized spacial score (nSPS) is 15.0. The smallest absolute Gasteiger partial charge is 0.272 e. The molecular weight excluding hydrogens is 593 g/mol. The Morgan fingerprint density at radius 3 is 2.19 bits per heavy atom. The van der Waals surface area contributed by atoms with Crippen LogP contribution in [0.1, 0.15) is 22.3 Å². The minimum atomic E-state index is -0.569. The summed E-state index contributed by atoms with van der Waals surface area (Å²) in [7, 11) is 0. The molecule has 4 aromatic carbocycles. The number of amides is 4. The van der Waals surface area contributed by atoms with Gasteiger partial charge in [-0.3, -0.25) is 19.2 Å². The van der Waals surface area contributed by atoms with Gasteiger partial charge in [-0.05, 0) is 72.3 Å². The predicted octanol–water partition coefficient (Wildman–Crippen LogP) is 6.83. The topological polar surface area (TPSA) is 95.6 Å². The van der Waals surface area contributed by atoms with Crippen molar-refractivity contribution in [3.63, 3.8) is 0 Å². The largest absolute Gasteiger partial charge is 0.321 e. The van der Waals surface area contributed by atoms with Crippen LogP contribution in [0.25, 0.3) is 6.08 Å². The molecule has 42 heavy (non-hydrogen) atoms. The molecule has 4 aromatic rings. The molecule has 7 nitrogen and oxygen atoms in total. The SMILES string of the molecule is O=C(Nc1ccc(SC2CC(=O)N(c3ccccc3)C2=O)cc1)/C(=C/c1ccc(Cl)cc1Cl)NC(=O)c1ccccc1. The molecule has 0 spiro atoms. The first-order valence-corrected chi connectivity index (χ1v) is 14.4. The zero-order chi connectivity index (χ0) is 29.6. The van der Waals surface area contributed by atoms with Crippen molar-refractivity contribution >= 4 is 76.0 Å². The number of imide groups is 1. The highest BCUT2D eigenvalue weighted by Crippen LogP contribution is 2.34. The van der Waals surface area contributed by atoms with E-state index in [0.717, 1.165) is 4.90 Å². The summed E-state index contributed by atoms with van der Waals surface area (Å²) in [6.45, 7) is 0. The quantitative estimate of drug-likeness (QED) is 0.167. The van der Waals surface area contributed by atoms with E-state index in [1.165, 1.54) is 22.7 Å². The number of hydrogen-bond donors (Lipinski definition) is 2. The summed E-state index contributed by atoms with van der Waals surface area (Å²) in [6.07, 6.45) is 1.57. The number of hydrogen-bond acceptors (Lipinski definition) is 5. The average molecular weight is 617 g/mol. The van der Waals surface area contributed by atoms with Crippen molar-refractivity contribution in [1.82, 2.24) is 5.32 Å². The third kappa shape index (κ3) is 6.91. The van der Waals surface area contributed by atoms with Crippen molar-refractivity contribution in [2.45, 2.75) is 16.6 Å². The van der Waals surface area contributed by atoms with Crippen molar-refractivity contribution in [1.29, 1.82) is 0 Å². The van der Waals surface area contributed by atoms with Crippen LogP contribution in [0.15, 0.2) is 114 Å². The van der Waals surface area contributed by atoms with Gasteiger partial charge in [-0.1, -0.05) is 65.7 Å². The van der Waals surface area contributed by atoms with Gasteiger partial charge in [0.2, 0.25) is 11.8 Å². The van der Waals surface area contributed by atoms with Crippen molar-refractivity contribution in [2.24, 2.45) is 0 Å². The van der Waals surface area contributed by atoms with Crippen molar-refractivity contribution in [3.8, 4) is 0 Å². The summed E-state index contributed by atoms with van der Waals surface area (Å²) in [5.41, 5.74) is 1.86. The maximum absolute atomic E-state index is 13.3. The van der Waals surface area contributed by atoms with Gasteiger partial charge in [0.25, 0.3) is 11.8 Å². The number of para-hydroxylation sites is 1. The Morgan fingerprint density at radius 2 is 1.52 bits per heavy atom. The van der Waals surface area contributed by atoms with E-state index in [2.05, 4.69) is 10.6 Å². The minimum Gasteiger partial charge on any atom is -0.321 e. The monoisotopic (exact) mass is 615 g/mol. The van der Waals surface area contributed by atoms with E-state index in [-0.39, 0.29) is 23.9 Å². The second-order valence-corrected chi connectivity index (χ2v) is 11.4. The molecule has 2 N–H and O–H groups in total. The Morgan fingerprint density at radius 1 is 0.857 bits per heavy atom. The van der Waals surface area contributed by atoms with Crippen LogP contribution in [0.5, 0.6) is 0 Å². The number of nitrogens with zero attached hydrogens (tertiary/aromatic N) is 1. The van der Waals surface area contributed by atoms with Gasteiger partial charge in [0, 0.05) is 32.6 Å². The maximum Gasteiger partial charge on any atom is 0.272 e. The van der Waals surface area contributed by atoms with Crippen LogP contribution in [0.3, 0.4) is 0 Å². The minimum absolute atomic E-state index is 0.0254. The number of benzene rings is 4. The third-order valence-electron chi connectivity index (χ3n) is 6.30. The number of rotatable bonds is 8. The highest BCUT2D eigenvalue weighted by atomic mass is 35.5. The van der Waals surface area contributed by atoms with E-state index in [9.17, 15) is 19.2 Å². The summed E-state index contributed by atoms with van der Waals surface area (Å²) in [6, 6.07) is 29.0. The lowest BCUT2D eigenvalue weighted by molar-refractivity contribution is -0.121. The highest BCUT2D eigenvalue weighted by Gasteiger charge is 2.40. The van der Waals surface area contributed by atoms with Gasteiger partial charge in [0.1, 0.15) is 5.70 Å². The molecule has 1 fully saturated rings. The van der Waals surface area contributed by atoms with Gasteiger partial charge in [-0.15, -0.1) is 11.8 Å². The van der Waals surface area contributed by atoms with Crippen LogP contribution < -0.4 is 15.5 Å². The number of nitrogens with one attached hydrogen (secondary N) is 2. The molecule has 1 aliphatic rings. The molecule has 0 radical (unpaired) electrons. The van der Waals surface area contributed by atoms with Crippen molar-refractivity contribution in [3.05, 3.63) is 130 Å². The van der Waals surface area contributed by atoms with E-state index >= 15 is 0 Å². The Hall–Kier alpha value is -4.37. The molecule has 1 unspecified atom stereocenters. The summed E-state index contributed by atoms with van der Waals surface area (Å²) in [5.74, 6) is -1.54. The third-order valence-corrected chi connectivity index (χ3v) is 8.06. The lowest BCUT2D eigenvalue weighted by atomic mass is 10.1. The van der Waals surface area contributed by atoms with Crippen LogP contribution in [0.2, 0.25) is 10.0 Å². The van der Waals surface area contributed by atoms with Gasteiger partial charge in [-0.25, -0.2) is 4.90 Å². The second-order valence-electron chi connectivity index (χ2n) is 9.24. The van der Waals surface area contributed by atoms with Gasteiger partial charge in [0.15, 0.2) is 0 Å². The molecule has 1 atom stereocenters. The fraction of sp³-hybridized carbons (Fsp3) is 0.0625. The molecular formula is C32H23Cl2N3O4S. The predicted molar refractivity (Wildman–Crippen MR) is 167 cm³/mol. The molecule has 210 valence electrons. The van der Waals surface area contributed by atoms with Gasteiger partial charge >= 0.3 is 0 Å². The Bertz CT molecular complexity index is 1680. The first-order chi connectivity index (χ1) is 20.3. The number of anilines is 2. The molecule has 0 aliphatic carbocycles. The molecule has 4 amide bonds. The summed E-state index contributed by atoms with van der Waals surface area (Å²) in [4.78, 5) is 53.7. The molecule has 10 heteroatoms. The van der Waals surface area contributed by atoms with Crippen LogP contribution in [0.4, 0.5) is 11.4 Å². The zero-order valence-corrected chi connectivity index (χ0v) is 24.2. The Labute approximate surface area is 256 Å². The molecule has 0 bridgehead atoms. The molecule has 0 saturated carbocycles. The molecule has 0 aromatic heterocycles. The first-order valence-electron chi connectivity index (χ1n) is 12.8. The Kier molecular flexibility index (Phi) is 9.07. The molecule has 1 aliphatic heterocycles. The fourth-order valence-electron chi connectivity index (χ4n) is 4.24. The van der Waals surface area contributed by atoms with Gasteiger partial charge < -0.3 is 10.6 Å². The molecule has 5 rings (SSSR count). The van der Waals surface area contributed by atoms with Crippen LogP contribution >= 0.6 is 35.0 Å². The standard InChI is InChI=1S/C32H23Cl2N3O4S/c33-22-12-11-21(26(34)18-22)17-27(36-30(39)20-7-3-1-4-8-20)31(40)35-23-13-15-25(16-14-23)42-28-19-29(38)37(32(28)41)24-9-5-2-6-10-24/h1-18,28H,19H2,(H,35,40)(H,36,39)/b27-17-. The maximum atomic E-state index is 13.3. The van der Waals surface area contributed by atoms with E-state index in [1.54, 1.807) is 97.1 Å². The van der Waals surface area contributed by atoms with E-state index in [0.29, 0.717) is 32.5 Å². The van der Waals surface area contributed by atoms with Crippen molar-refractivity contribution in [2.75, 3.05) is 10.2 Å². The van der Waals surface area contributed by atoms with Crippen LogP contribution in [-0.2, 0) is 14.4 Å².